The minimum atomic E-state index is -0.314. The van der Waals surface area contributed by atoms with Gasteiger partial charge in [0.25, 0.3) is 0 Å². The molecule has 3 rings (SSSR count). The fraction of sp³-hybridized carbons (Fsp3) is 0.333. The molecule has 0 aliphatic carbocycles. The van der Waals surface area contributed by atoms with Crippen molar-refractivity contribution >= 4 is 23.3 Å². The number of nitrogens with one attached hydrogen (secondary N) is 2. The van der Waals surface area contributed by atoms with E-state index in [4.69, 9.17) is 0 Å². The lowest BCUT2D eigenvalue weighted by Crippen LogP contribution is -2.35. The zero-order valence-electron chi connectivity index (χ0n) is 22.3. The van der Waals surface area contributed by atoms with Crippen LogP contribution in [0.2, 0.25) is 0 Å². The monoisotopic (exact) mass is 504 g/mol. The van der Waals surface area contributed by atoms with Gasteiger partial charge < -0.3 is 20.4 Å². The topological polar surface area (TPSA) is 64.7 Å². The molecular formula is C30H37FN4O2. The van der Waals surface area contributed by atoms with Crippen molar-refractivity contribution in [3.63, 3.8) is 0 Å². The Morgan fingerprint density at radius 2 is 1.59 bits per heavy atom. The molecule has 0 spiro atoms. The van der Waals surface area contributed by atoms with Crippen LogP contribution in [-0.4, -0.2) is 37.0 Å². The van der Waals surface area contributed by atoms with Crippen molar-refractivity contribution in [2.75, 3.05) is 24.3 Å². The number of rotatable bonds is 10. The summed E-state index contributed by atoms with van der Waals surface area (Å²) in [5.74, 6) is -0.619. The van der Waals surface area contributed by atoms with Gasteiger partial charge in [0.05, 0.1) is 5.92 Å². The molecule has 196 valence electrons. The Labute approximate surface area is 219 Å². The van der Waals surface area contributed by atoms with Crippen LogP contribution in [0.3, 0.4) is 0 Å². The summed E-state index contributed by atoms with van der Waals surface area (Å²) in [6, 6.07) is 21.4. The van der Waals surface area contributed by atoms with Crippen molar-refractivity contribution in [3.05, 3.63) is 95.3 Å². The highest BCUT2D eigenvalue weighted by atomic mass is 19.1. The third kappa shape index (κ3) is 7.81. The van der Waals surface area contributed by atoms with Crippen molar-refractivity contribution in [2.24, 2.45) is 0 Å². The number of urea groups is 1. The van der Waals surface area contributed by atoms with Crippen LogP contribution in [0.25, 0.3) is 0 Å². The predicted octanol–water partition coefficient (Wildman–Crippen LogP) is 6.14. The maximum atomic E-state index is 14.0. The second-order valence-corrected chi connectivity index (χ2v) is 9.68. The van der Waals surface area contributed by atoms with Crippen LogP contribution >= 0.6 is 0 Å². The van der Waals surface area contributed by atoms with Gasteiger partial charge in [-0.1, -0.05) is 49.4 Å². The van der Waals surface area contributed by atoms with Crippen LogP contribution in [0.5, 0.6) is 0 Å². The number of hydrogen-bond donors (Lipinski definition) is 2. The first kappa shape index (κ1) is 27.7. The van der Waals surface area contributed by atoms with Gasteiger partial charge in [-0.3, -0.25) is 4.79 Å². The molecule has 1 atom stereocenters. The van der Waals surface area contributed by atoms with Gasteiger partial charge in [0.2, 0.25) is 5.91 Å². The quantitative estimate of drug-likeness (QED) is 0.348. The Balaban J connectivity index is 1.97. The standard InChI is InChI=1S/C30H37FN4O2/c1-6-27(23-10-8-7-9-11-23)29(36)35(19-22-12-14-25(31)15-13-22)20-24-18-26(16-17-28(24)34(4)5)33-30(37)32-21(2)3/h7-18,21,27H,6,19-20H2,1-5H3,(H2,32,33,37)/t27-/m0/s1. The molecule has 6 nitrogen and oxygen atoms in total. The summed E-state index contributed by atoms with van der Waals surface area (Å²) in [5, 5.41) is 5.71. The highest BCUT2D eigenvalue weighted by Crippen LogP contribution is 2.29. The number of benzene rings is 3. The van der Waals surface area contributed by atoms with E-state index in [1.165, 1.54) is 12.1 Å². The lowest BCUT2D eigenvalue weighted by molar-refractivity contribution is -0.134. The lowest BCUT2D eigenvalue weighted by Gasteiger charge is -2.29. The first-order valence-electron chi connectivity index (χ1n) is 12.6. The molecule has 3 amide bonds. The summed E-state index contributed by atoms with van der Waals surface area (Å²) in [5.41, 5.74) is 4.29. The van der Waals surface area contributed by atoms with Crippen LogP contribution < -0.4 is 15.5 Å². The van der Waals surface area contributed by atoms with E-state index in [-0.39, 0.29) is 29.7 Å². The second-order valence-electron chi connectivity index (χ2n) is 9.68. The van der Waals surface area contributed by atoms with E-state index in [0.29, 0.717) is 25.2 Å². The van der Waals surface area contributed by atoms with Crippen LogP contribution in [-0.2, 0) is 17.9 Å². The van der Waals surface area contributed by atoms with E-state index >= 15 is 0 Å². The summed E-state index contributed by atoms with van der Waals surface area (Å²) >= 11 is 0. The number of carbonyl (C=O) groups is 2. The number of carbonyl (C=O) groups excluding carboxylic acids is 2. The fourth-order valence-electron chi connectivity index (χ4n) is 4.34. The first-order chi connectivity index (χ1) is 17.7. The Kier molecular flexibility index (Phi) is 9.66. The van der Waals surface area contributed by atoms with Crippen molar-refractivity contribution in [3.8, 4) is 0 Å². The molecular weight excluding hydrogens is 467 g/mol. The van der Waals surface area contributed by atoms with Crippen molar-refractivity contribution in [1.29, 1.82) is 0 Å². The number of hydrogen-bond acceptors (Lipinski definition) is 3. The fourth-order valence-corrected chi connectivity index (χ4v) is 4.34. The first-order valence-corrected chi connectivity index (χ1v) is 12.6. The van der Waals surface area contributed by atoms with Gasteiger partial charge in [0.1, 0.15) is 5.82 Å². The average molecular weight is 505 g/mol. The molecule has 0 aliphatic heterocycles. The Morgan fingerprint density at radius 3 is 2.19 bits per heavy atom. The SMILES string of the molecule is CC[C@H](C(=O)N(Cc1ccc(F)cc1)Cc1cc(NC(=O)NC(C)C)ccc1N(C)C)c1ccccc1. The summed E-state index contributed by atoms with van der Waals surface area (Å²) in [6.07, 6.45) is 0.653. The summed E-state index contributed by atoms with van der Waals surface area (Å²) in [6.45, 7) is 6.47. The molecule has 0 radical (unpaired) electrons. The molecule has 0 fully saturated rings. The maximum Gasteiger partial charge on any atom is 0.319 e. The van der Waals surface area contributed by atoms with Gasteiger partial charge in [0, 0.05) is 44.6 Å². The van der Waals surface area contributed by atoms with E-state index in [2.05, 4.69) is 10.6 Å². The zero-order chi connectivity index (χ0) is 26.9. The highest BCUT2D eigenvalue weighted by Gasteiger charge is 2.26. The van der Waals surface area contributed by atoms with Gasteiger partial charge >= 0.3 is 6.03 Å². The van der Waals surface area contributed by atoms with E-state index in [1.807, 2.05) is 93.2 Å². The smallest absolute Gasteiger partial charge is 0.319 e. The van der Waals surface area contributed by atoms with Gasteiger partial charge in [-0.15, -0.1) is 0 Å². The van der Waals surface area contributed by atoms with E-state index in [0.717, 1.165) is 22.4 Å². The van der Waals surface area contributed by atoms with Crippen LogP contribution in [0.1, 0.15) is 49.8 Å². The Hall–Kier alpha value is -3.87. The van der Waals surface area contributed by atoms with Gasteiger partial charge in [-0.05, 0) is 67.3 Å². The van der Waals surface area contributed by atoms with Crippen molar-refractivity contribution in [2.45, 2.75) is 52.2 Å². The second kappa shape index (κ2) is 12.9. The lowest BCUT2D eigenvalue weighted by atomic mass is 9.94. The third-order valence-electron chi connectivity index (χ3n) is 6.11. The molecule has 3 aromatic carbocycles. The highest BCUT2D eigenvalue weighted by molar-refractivity contribution is 5.90. The third-order valence-corrected chi connectivity index (χ3v) is 6.11. The van der Waals surface area contributed by atoms with Gasteiger partial charge in [-0.25, -0.2) is 9.18 Å². The molecule has 0 saturated heterocycles. The molecule has 0 bridgehead atoms. The number of amides is 3. The van der Waals surface area contributed by atoms with Crippen molar-refractivity contribution in [1.82, 2.24) is 10.2 Å². The average Bonchev–Trinajstić information content (AvgIpc) is 2.85. The molecule has 0 aliphatic rings. The number of halogens is 1. The largest absolute Gasteiger partial charge is 0.377 e. The Morgan fingerprint density at radius 1 is 0.919 bits per heavy atom. The molecule has 0 unspecified atom stereocenters. The molecule has 7 heteroatoms. The van der Waals surface area contributed by atoms with E-state index < -0.39 is 0 Å². The maximum absolute atomic E-state index is 14.0. The van der Waals surface area contributed by atoms with E-state index in [1.54, 1.807) is 12.1 Å². The van der Waals surface area contributed by atoms with Gasteiger partial charge in [-0.2, -0.15) is 0 Å². The zero-order valence-corrected chi connectivity index (χ0v) is 22.3. The summed E-state index contributed by atoms with van der Waals surface area (Å²) in [7, 11) is 3.89. The van der Waals surface area contributed by atoms with Crippen LogP contribution in [0.4, 0.5) is 20.6 Å². The molecule has 3 aromatic rings. The summed E-state index contributed by atoms with van der Waals surface area (Å²) < 4.78 is 13.6. The number of anilines is 2. The molecule has 0 heterocycles. The summed E-state index contributed by atoms with van der Waals surface area (Å²) in [4.78, 5) is 30.1. The molecule has 2 N–H and O–H groups in total. The molecule has 37 heavy (non-hydrogen) atoms. The van der Waals surface area contributed by atoms with E-state index in [9.17, 15) is 14.0 Å². The Bertz CT molecular complexity index is 1180. The van der Waals surface area contributed by atoms with Crippen LogP contribution in [0.15, 0.2) is 72.8 Å². The minimum absolute atomic E-state index is 0.00126. The minimum Gasteiger partial charge on any atom is -0.377 e. The molecule has 0 saturated carbocycles. The van der Waals surface area contributed by atoms with Gasteiger partial charge in [0.15, 0.2) is 0 Å². The normalized spacial score (nSPS) is 11.6. The molecule has 0 aromatic heterocycles. The predicted molar refractivity (Wildman–Crippen MR) is 148 cm³/mol. The number of nitrogens with zero attached hydrogens (tertiary/aromatic N) is 2. The van der Waals surface area contributed by atoms with Crippen LogP contribution in [0, 0.1) is 5.82 Å². The van der Waals surface area contributed by atoms with Crippen molar-refractivity contribution < 1.29 is 14.0 Å².